The first-order valence-electron chi connectivity index (χ1n) is 8.71. The minimum Gasteiger partial charge on any atom is -0.379 e. The van der Waals surface area contributed by atoms with Gasteiger partial charge < -0.3 is 10.1 Å². The molecular weight excluding hydrogens is 300 g/mol. The lowest BCUT2D eigenvalue weighted by Gasteiger charge is -2.31. The Balaban J connectivity index is 1.73. The Bertz CT molecular complexity index is 661. The number of nitrogens with one attached hydrogen (secondary N) is 1. The number of aromatic nitrogens is 2. The fourth-order valence-corrected chi connectivity index (χ4v) is 3.24. The number of ether oxygens (including phenoxy) is 1. The lowest BCUT2D eigenvalue weighted by atomic mass is 10.00. The molecule has 2 aromatic rings. The van der Waals surface area contributed by atoms with Gasteiger partial charge in [0.25, 0.3) is 0 Å². The highest BCUT2D eigenvalue weighted by Crippen LogP contribution is 2.20. The molecule has 0 bridgehead atoms. The first-order chi connectivity index (χ1) is 11.6. The molecular formula is C19H28N4O. The molecule has 24 heavy (non-hydrogen) atoms. The second kappa shape index (κ2) is 7.92. The van der Waals surface area contributed by atoms with Gasteiger partial charge in [-0.15, -0.1) is 0 Å². The van der Waals surface area contributed by atoms with E-state index in [1.54, 1.807) is 0 Å². The highest BCUT2D eigenvalue weighted by molar-refractivity contribution is 5.29. The molecule has 0 aliphatic carbocycles. The van der Waals surface area contributed by atoms with Crippen molar-refractivity contribution in [2.75, 3.05) is 32.8 Å². The molecule has 1 N–H and O–H groups in total. The van der Waals surface area contributed by atoms with E-state index >= 15 is 0 Å². The number of hydrogen-bond acceptors (Lipinski definition) is 4. The van der Waals surface area contributed by atoms with Crippen molar-refractivity contribution in [1.29, 1.82) is 0 Å². The molecule has 1 aliphatic heterocycles. The number of benzene rings is 1. The van der Waals surface area contributed by atoms with Crippen LogP contribution in [0.25, 0.3) is 0 Å². The number of aryl methyl sites for hydroxylation is 2. The predicted octanol–water partition coefficient (Wildman–Crippen LogP) is 2.20. The van der Waals surface area contributed by atoms with Crippen LogP contribution >= 0.6 is 0 Å². The Kier molecular flexibility index (Phi) is 5.66. The molecule has 1 unspecified atom stereocenters. The first kappa shape index (κ1) is 17.1. The molecule has 0 saturated carbocycles. The van der Waals surface area contributed by atoms with Crippen LogP contribution in [0.15, 0.2) is 30.5 Å². The maximum Gasteiger partial charge on any atom is 0.0594 e. The highest BCUT2D eigenvalue weighted by Gasteiger charge is 2.19. The SMILES string of the molecule is Cc1ccccc1C(CN1CCOCC1)NCc1cnn(C)c1C. The number of nitrogens with zero attached hydrogens (tertiary/aromatic N) is 3. The van der Waals surface area contributed by atoms with Gasteiger partial charge in [0.15, 0.2) is 0 Å². The van der Waals surface area contributed by atoms with E-state index in [1.807, 2.05) is 17.9 Å². The van der Waals surface area contributed by atoms with Gasteiger partial charge in [-0.3, -0.25) is 9.58 Å². The van der Waals surface area contributed by atoms with Crippen LogP contribution in [-0.4, -0.2) is 47.5 Å². The molecule has 5 heteroatoms. The second-order valence-corrected chi connectivity index (χ2v) is 6.58. The summed E-state index contributed by atoms with van der Waals surface area (Å²) in [5.41, 5.74) is 5.20. The quantitative estimate of drug-likeness (QED) is 0.883. The van der Waals surface area contributed by atoms with E-state index < -0.39 is 0 Å². The van der Waals surface area contributed by atoms with Crippen molar-refractivity contribution in [2.45, 2.75) is 26.4 Å². The van der Waals surface area contributed by atoms with Gasteiger partial charge >= 0.3 is 0 Å². The monoisotopic (exact) mass is 328 g/mol. The van der Waals surface area contributed by atoms with E-state index in [2.05, 4.69) is 53.4 Å². The summed E-state index contributed by atoms with van der Waals surface area (Å²) >= 11 is 0. The summed E-state index contributed by atoms with van der Waals surface area (Å²) in [5.74, 6) is 0. The van der Waals surface area contributed by atoms with Gasteiger partial charge in [0.05, 0.1) is 19.4 Å². The Labute approximate surface area is 144 Å². The molecule has 0 amide bonds. The maximum atomic E-state index is 5.49. The number of rotatable bonds is 6. The molecule has 1 saturated heterocycles. The van der Waals surface area contributed by atoms with E-state index in [9.17, 15) is 0 Å². The summed E-state index contributed by atoms with van der Waals surface area (Å²) in [6, 6.07) is 8.98. The van der Waals surface area contributed by atoms with E-state index in [-0.39, 0.29) is 0 Å². The van der Waals surface area contributed by atoms with Crippen molar-refractivity contribution in [3.8, 4) is 0 Å². The Morgan fingerprint density at radius 1 is 1.21 bits per heavy atom. The van der Waals surface area contributed by atoms with Crippen LogP contribution in [0, 0.1) is 13.8 Å². The fraction of sp³-hybridized carbons (Fsp3) is 0.526. The Morgan fingerprint density at radius 3 is 2.62 bits per heavy atom. The zero-order valence-corrected chi connectivity index (χ0v) is 15.0. The number of morpholine rings is 1. The van der Waals surface area contributed by atoms with Crippen molar-refractivity contribution in [3.05, 3.63) is 52.8 Å². The van der Waals surface area contributed by atoms with Gasteiger partial charge in [0.2, 0.25) is 0 Å². The molecule has 1 fully saturated rings. The molecule has 130 valence electrons. The Morgan fingerprint density at radius 2 is 1.96 bits per heavy atom. The van der Waals surface area contributed by atoms with Gasteiger partial charge in [0, 0.05) is 50.5 Å². The van der Waals surface area contributed by atoms with Gasteiger partial charge in [-0.1, -0.05) is 24.3 Å². The average molecular weight is 328 g/mol. The largest absolute Gasteiger partial charge is 0.379 e. The van der Waals surface area contributed by atoms with Crippen LogP contribution in [0.4, 0.5) is 0 Å². The summed E-state index contributed by atoms with van der Waals surface area (Å²) in [7, 11) is 1.99. The second-order valence-electron chi connectivity index (χ2n) is 6.58. The van der Waals surface area contributed by atoms with Crippen LogP contribution in [0.1, 0.15) is 28.4 Å². The molecule has 0 spiro atoms. The summed E-state index contributed by atoms with van der Waals surface area (Å²) in [5, 5.41) is 8.11. The van der Waals surface area contributed by atoms with E-state index in [0.29, 0.717) is 6.04 Å². The Hall–Kier alpha value is -1.69. The van der Waals surface area contributed by atoms with E-state index in [0.717, 1.165) is 39.4 Å². The average Bonchev–Trinajstić information content (AvgIpc) is 2.92. The molecule has 1 atom stereocenters. The highest BCUT2D eigenvalue weighted by atomic mass is 16.5. The summed E-state index contributed by atoms with van der Waals surface area (Å²) in [6.45, 7) is 9.85. The molecule has 1 aromatic carbocycles. The summed E-state index contributed by atoms with van der Waals surface area (Å²) in [6.07, 6.45) is 1.96. The molecule has 1 aromatic heterocycles. The van der Waals surface area contributed by atoms with E-state index in [4.69, 9.17) is 4.74 Å². The fourth-order valence-electron chi connectivity index (χ4n) is 3.24. The molecule has 5 nitrogen and oxygen atoms in total. The normalized spacial score (nSPS) is 17.1. The molecule has 2 heterocycles. The zero-order valence-electron chi connectivity index (χ0n) is 15.0. The van der Waals surface area contributed by atoms with Crippen LogP contribution in [0.5, 0.6) is 0 Å². The van der Waals surface area contributed by atoms with Crippen LogP contribution in [-0.2, 0) is 18.3 Å². The lowest BCUT2D eigenvalue weighted by Crippen LogP contribution is -2.42. The smallest absolute Gasteiger partial charge is 0.0594 e. The van der Waals surface area contributed by atoms with Crippen molar-refractivity contribution in [2.24, 2.45) is 7.05 Å². The standard InChI is InChI=1S/C19H28N4O/c1-15-6-4-5-7-18(15)19(14-23-8-10-24-11-9-23)20-12-17-13-21-22(3)16(17)2/h4-7,13,19-20H,8-12,14H2,1-3H3. The third-order valence-corrected chi connectivity index (χ3v) is 4.98. The van der Waals surface area contributed by atoms with Crippen molar-refractivity contribution in [1.82, 2.24) is 20.0 Å². The van der Waals surface area contributed by atoms with Crippen molar-refractivity contribution < 1.29 is 4.74 Å². The zero-order chi connectivity index (χ0) is 16.9. The third-order valence-electron chi connectivity index (χ3n) is 4.98. The van der Waals surface area contributed by atoms with Crippen molar-refractivity contribution >= 4 is 0 Å². The molecule has 1 aliphatic rings. The van der Waals surface area contributed by atoms with Gasteiger partial charge in [-0.25, -0.2) is 0 Å². The molecule has 3 rings (SSSR count). The summed E-state index contributed by atoms with van der Waals surface area (Å²) in [4.78, 5) is 2.49. The minimum atomic E-state index is 0.309. The first-order valence-corrected chi connectivity index (χ1v) is 8.71. The predicted molar refractivity (Wildman–Crippen MR) is 96.0 cm³/mol. The molecule has 0 radical (unpaired) electrons. The van der Waals surface area contributed by atoms with Crippen molar-refractivity contribution in [3.63, 3.8) is 0 Å². The van der Waals surface area contributed by atoms with Crippen LogP contribution in [0.3, 0.4) is 0 Å². The minimum absolute atomic E-state index is 0.309. The van der Waals surface area contributed by atoms with Gasteiger partial charge in [-0.05, 0) is 25.0 Å². The van der Waals surface area contributed by atoms with Crippen LogP contribution in [0.2, 0.25) is 0 Å². The summed E-state index contributed by atoms with van der Waals surface area (Å²) < 4.78 is 7.42. The van der Waals surface area contributed by atoms with Gasteiger partial charge in [-0.2, -0.15) is 5.10 Å². The lowest BCUT2D eigenvalue weighted by molar-refractivity contribution is 0.0333. The number of hydrogen-bond donors (Lipinski definition) is 1. The van der Waals surface area contributed by atoms with Crippen LogP contribution < -0.4 is 5.32 Å². The van der Waals surface area contributed by atoms with E-state index in [1.165, 1.54) is 22.4 Å². The maximum absolute atomic E-state index is 5.49. The van der Waals surface area contributed by atoms with Gasteiger partial charge in [0.1, 0.15) is 0 Å². The topological polar surface area (TPSA) is 42.3 Å². The third kappa shape index (κ3) is 4.04.